The number of nitrogens with one attached hydrogen (secondary N) is 1. The van der Waals surface area contributed by atoms with Crippen LogP contribution in [0.4, 0.5) is 0 Å². The van der Waals surface area contributed by atoms with E-state index >= 15 is 0 Å². The van der Waals surface area contributed by atoms with Crippen LogP contribution in [-0.2, 0) is 4.79 Å². The van der Waals surface area contributed by atoms with Crippen molar-refractivity contribution in [3.63, 3.8) is 0 Å². The van der Waals surface area contributed by atoms with Gasteiger partial charge in [-0.15, -0.1) is 0 Å². The van der Waals surface area contributed by atoms with Gasteiger partial charge in [0.15, 0.2) is 0 Å². The smallest absolute Gasteiger partial charge is 0.271 e. The zero-order chi connectivity index (χ0) is 16.9. The maximum Gasteiger partial charge on any atom is 0.271 e. The number of carbonyl (C=O) groups is 1. The number of rotatable bonds is 2. The van der Waals surface area contributed by atoms with E-state index in [4.69, 9.17) is 11.6 Å². The Kier molecular flexibility index (Phi) is 4.07. The molecule has 130 valence electrons. The van der Waals surface area contributed by atoms with Gasteiger partial charge in [0.05, 0.1) is 12.0 Å². The third-order valence-corrected chi connectivity index (χ3v) is 6.14. The van der Waals surface area contributed by atoms with Crippen molar-refractivity contribution in [2.45, 2.75) is 49.9 Å². The molecule has 2 saturated heterocycles. The van der Waals surface area contributed by atoms with Gasteiger partial charge in [-0.1, -0.05) is 43.0 Å². The molecule has 0 unspecified atom stereocenters. The Balaban J connectivity index is 1.63. The van der Waals surface area contributed by atoms with Crippen LogP contribution < -0.4 is 5.43 Å². The Morgan fingerprint density at radius 3 is 2.54 bits per heavy atom. The van der Waals surface area contributed by atoms with E-state index in [9.17, 15) is 9.90 Å². The van der Waals surface area contributed by atoms with Gasteiger partial charge in [-0.25, -0.2) is 10.4 Å². The van der Waals surface area contributed by atoms with Gasteiger partial charge in [-0.05, 0) is 30.5 Å². The predicted molar refractivity (Wildman–Crippen MR) is 92.1 cm³/mol. The summed E-state index contributed by atoms with van der Waals surface area (Å²) in [6.07, 6.45) is 5.70. The first kappa shape index (κ1) is 16.3. The predicted octanol–water partition coefficient (Wildman–Crippen LogP) is 2.31. The molecule has 2 N–H and O–H groups in total. The van der Waals surface area contributed by atoms with E-state index in [1.807, 2.05) is 41.2 Å². The second-order valence-electron chi connectivity index (χ2n) is 7.34. The molecule has 0 aromatic heterocycles. The van der Waals surface area contributed by atoms with E-state index in [2.05, 4.69) is 5.43 Å². The molecule has 5 nitrogen and oxygen atoms in total. The summed E-state index contributed by atoms with van der Waals surface area (Å²) in [4.78, 5) is 14.9. The molecule has 4 rings (SSSR count). The van der Waals surface area contributed by atoms with Crippen molar-refractivity contribution in [3.05, 3.63) is 34.9 Å². The SMILES string of the molecule is CN1N[C@@]2(O)C(=O)N(C3CCCCC3)C[C@H]2[C@H]1c1ccc(Cl)cc1. The summed E-state index contributed by atoms with van der Waals surface area (Å²) >= 11 is 6.00. The van der Waals surface area contributed by atoms with Crippen LogP contribution in [0, 0.1) is 5.92 Å². The van der Waals surface area contributed by atoms with E-state index in [0.29, 0.717) is 11.6 Å². The average molecular weight is 350 g/mol. The third kappa shape index (κ3) is 2.46. The van der Waals surface area contributed by atoms with Crippen molar-refractivity contribution < 1.29 is 9.90 Å². The van der Waals surface area contributed by atoms with Gasteiger partial charge in [0.25, 0.3) is 5.91 Å². The van der Waals surface area contributed by atoms with Crippen molar-refractivity contribution in [1.29, 1.82) is 0 Å². The molecule has 1 aliphatic carbocycles. The molecule has 1 aromatic carbocycles. The van der Waals surface area contributed by atoms with Gasteiger partial charge in [-0.2, -0.15) is 0 Å². The maximum atomic E-state index is 13.0. The first-order valence-electron chi connectivity index (χ1n) is 8.80. The van der Waals surface area contributed by atoms with Gasteiger partial charge in [0.2, 0.25) is 5.72 Å². The number of likely N-dealkylation sites (tertiary alicyclic amines) is 1. The maximum absolute atomic E-state index is 13.0. The van der Waals surface area contributed by atoms with Crippen LogP contribution in [0.1, 0.15) is 43.7 Å². The Labute approximate surface area is 147 Å². The standard InChI is InChI=1S/C18H24ClN3O2/c1-21-16(12-7-9-13(19)10-8-12)15-11-22(14-5-3-2-4-6-14)17(23)18(15,24)20-21/h7-10,14-16,20,24H,2-6,11H2,1H3/t15-,16+,18-/m0/s1. The minimum Gasteiger partial charge on any atom is -0.366 e. The molecule has 0 bridgehead atoms. The largest absolute Gasteiger partial charge is 0.366 e. The number of benzene rings is 1. The monoisotopic (exact) mass is 349 g/mol. The number of hydrogen-bond acceptors (Lipinski definition) is 4. The van der Waals surface area contributed by atoms with E-state index in [0.717, 1.165) is 18.4 Å². The number of hydrogen-bond donors (Lipinski definition) is 2. The minimum absolute atomic E-state index is 0.0511. The molecular formula is C18H24ClN3O2. The molecule has 2 heterocycles. The quantitative estimate of drug-likeness (QED) is 0.860. The van der Waals surface area contributed by atoms with Crippen LogP contribution in [0.15, 0.2) is 24.3 Å². The van der Waals surface area contributed by atoms with Crippen LogP contribution in [0.5, 0.6) is 0 Å². The zero-order valence-electron chi connectivity index (χ0n) is 13.9. The second kappa shape index (κ2) is 5.99. The number of carbonyl (C=O) groups excluding carboxylic acids is 1. The lowest BCUT2D eigenvalue weighted by Crippen LogP contribution is -2.54. The fourth-order valence-corrected chi connectivity index (χ4v) is 4.82. The lowest BCUT2D eigenvalue weighted by Gasteiger charge is -2.33. The first-order valence-corrected chi connectivity index (χ1v) is 9.18. The highest BCUT2D eigenvalue weighted by atomic mass is 35.5. The van der Waals surface area contributed by atoms with Crippen LogP contribution in [0.3, 0.4) is 0 Å². The number of halogens is 1. The van der Waals surface area contributed by atoms with Gasteiger partial charge in [-0.3, -0.25) is 4.79 Å². The number of hydrazine groups is 1. The zero-order valence-corrected chi connectivity index (χ0v) is 14.7. The molecule has 3 fully saturated rings. The Morgan fingerprint density at radius 2 is 1.88 bits per heavy atom. The molecular weight excluding hydrogens is 326 g/mol. The highest BCUT2D eigenvalue weighted by Crippen LogP contribution is 2.46. The summed E-state index contributed by atoms with van der Waals surface area (Å²) in [5, 5.41) is 13.6. The molecule has 24 heavy (non-hydrogen) atoms. The number of aliphatic hydroxyl groups is 1. The average Bonchev–Trinajstić information content (AvgIpc) is 2.98. The Hall–Kier alpha value is -1.14. The molecule has 3 aliphatic rings. The summed E-state index contributed by atoms with van der Waals surface area (Å²) in [6.45, 7) is 0.602. The molecule has 3 atom stereocenters. The second-order valence-corrected chi connectivity index (χ2v) is 7.78. The summed E-state index contributed by atoms with van der Waals surface area (Å²) in [5.74, 6) is -0.346. The third-order valence-electron chi connectivity index (χ3n) is 5.89. The summed E-state index contributed by atoms with van der Waals surface area (Å²) < 4.78 is 0. The van der Waals surface area contributed by atoms with Crippen LogP contribution >= 0.6 is 11.6 Å². The first-order chi connectivity index (χ1) is 11.5. The van der Waals surface area contributed by atoms with E-state index in [1.54, 1.807) is 0 Å². The van der Waals surface area contributed by atoms with Gasteiger partial charge >= 0.3 is 0 Å². The normalized spacial score (nSPS) is 34.8. The highest BCUT2D eigenvalue weighted by Gasteiger charge is 2.62. The molecule has 1 amide bonds. The summed E-state index contributed by atoms with van der Waals surface area (Å²) in [7, 11) is 1.88. The number of amides is 1. The Bertz CT molecular complexity index is 632. The van der Waals surface area contributed by atoms with Crippen LogP contribution in [0.2, 0.25) is 5.02 Å². The van der Waals surface area contributed by atoms with Gasteiger partial charge < -0.3 is 10.0 Å². The lowest BCUT2D eigenvalue weighted by molar-refractivity contribution is -0.151. The number of fused-ring (bicyclic) bond motifs is 1. The fraction of sp³-hybridized carbons (Fsp3) is 0.611. The lowest BCUT2D eigenvalue weighted by atomic mass is 9.89. The summed E-state index contributed by atoms with van der Waals surface area (Å²) in [6, 6.07) is 7.90. The molecule has 1 aromatic rings. The molecule has 0 radical (unpaired) electrons. The fourth-order valence-electron chi connectivity index (χ4n) is 4.70. The molecule has 0 spiro atoms. The van der Waals surface area contributed by atoms with E-state index in [1.165, 1.54) is 19.3 Å². The summed E-state index contributed by atoms with van der Waals surface area (Å²) in [5.41, 5.74) is 2.61. The van der Waals surface area contributed by atoms with E-state index in [-0.39, 0.29) is 23.9 Å². The molecule has 1 saturated carbocycles. The van der Waals surface area contributed by atoms with Crippen LogP contribution in [0.25, 0.3) is 0 Å². The van der Waals surface area contributed by atoms with Gasteiger partial charge in [0.1, 0.15) is 0 Å². The Morgan fingerprint density at radius 1 is 1.21 bits per heavy atom. The molecule has 6 heteroatoms. The van der Waals surface area contributed by atoms with Crippen molar-refractivity contribution in [3.8, 4) is 0 Å². The van der Waals surface area contributed by atoms with Crippen molar-refractivity contribution in [1.82, 2.24) is 15.3 Å². The molecule has 2 aliphatic heterocycles. The van der Waals surface area contributed by atoms with Crippen molar-refractivity contribution in [2.75, 3.05) is 13.6 Å². The topological polar surface area (TPSA) is 55.8 Å². The van der Waals surface area contributed by atoms with Crippen molar-refractivity contribution >= 4 is 17.5 Å². The van der Waals surface area contributed by atoms with Crippen LogP contribution in [-0.4, -0.2) is 46.3 Å². The van der Waals surface area contributed by atoms with E-state index < -0.39 is 5.72 Å². The van der Waals surface area contributed by atoms with Gasteiger partial charge in [0, 0.05) is 24.7 Å². The minimum atomic E-state index is -1.49. The van der Waals surface area contributed by atoms with Crippen molar-refractivity contribution in [2.24, 2.45) is 5.92 Å². The number of nitrogens with zero attached hydrogens (tertiary/aromatic N) is 2. The highest BCUT2D eigenvalue weighted by molar-refractivity contribution is 6.30.